The van der Waals surface area contributed by atoms with Gasteiger partial charge in [0.15, 0.2) is 0 Å². The Balaban J connectivity index is 1.83. The van der Waals surface area contributed by atoms with Gasteiger partial charge in [0, 0.05) is 25.2 Å². The van der Waals surface area contributed by atoms with Gasteiger partial charge in [0.1, 0.15) is 0 Å². The molecule has 1 unspecified atom stereocenters. The van der Waals surface area contributed by atoms with E-state index in [0.717, 1.165) is 51.7 Å². The van der Waals surface area contributed by atoms with Crippen LogP contribution in [0.2, 0.25) is 0 Å². The first-order valence-electron chi connectivity index (χ1n) is 7.87. The average Bonchev–Trinajstić information content (AvgIpc) is 2.89. The zero-order valence-electron chi connectivity index (χ0n) is 12.7. The van der Waals surface area contributed by atoms with Crippen molar-refractivity contribution in [3.63, 3.8) is 0 Å². The highest BCUT2D eigenvalue weighted by Crippen LogP contribution is 2.24. The molecular weight excluding hydrogens is 238 g/mol. The van der Waals surface area contributed by atoms with Crippen molar-refractivity contribution in [2.24, 2.45) is 0 Å². The molecule has 2 fully saturated rings. The normalized spacial score (nSPS) is 29.9. The number of piperidine rings is 1. The van der Waals surface area contributed by atoms with E-state index in [4.69, 9.17) is 0 Å². The molecule has 4 nitrogen and oxygen atoms in total. The first-order chi connectivity index (χ1) is 9.07. The smallest absolute Gasteiger partial charge is 0.240 e. The highest BCUT2D eigenvalue weighted by molar-refractivity contribution is 5.86. The molecule has 2 saturated heterocycles. The van der Waals surface area contributed by atoms with Gasteiger partial charge in [0.2, 0.25) is 5.91 Å². The topological polar surface area (TPSA) is 44.4 Å². The third-order valence-corrected chi connectivity index (χ3v) is 4.88. The third-order valence-electron chi connectivity index (χ3n) is 4.88. The van der Waals surface area contributed by atoms with E-state index in [-0.39, 0.29) is 11.4 Å². The van der Waals surface area contributed by atoms with Gasteiger partial charge in [0.05, 0.1) is 5.54 Å². The number of carbonyl (C=O) groups excluding carboxylic acids is 1. The number of carbonyl (C=O) groups is 1. The van der Waals surface area contributed by atoms with Crippen molar-refractivity contribution < 1.29 is 4.79 Å². The second-order valence-corrected chi connectivity index (χ2v) is 6.34. The maximum atomic E-state index is 12.5. The Hall–Kier alpha value is -0.610. The van der Waals surface area contributed by atoms with Crippen molar-refractivity contribution in [1.82, 2.24) is 15.5 Å². The van der Waals surface area contributed by atoms with E-state index in [1.54, 1.807) is 0 Å². The second kappa shape index (κ2) is 6.23. The van der Waals surface area contributed by atoms with Crippen molar-refractivity contribution in [3.05, 3.63) is 0 Å². The Morgan fingerprint density at radius 1 is 1.42 bits per heavy atom. The van der Waals surface area contributed by atoms with Crippen LogP contribution >= 0.6 is 0 Å². The van der Waals surface area contributed by atoms with Crippen LogP contribution < -0.4 is 10.6 Å². The van der Waals surface area contributed by atoms with Crippen molar-refractivity contribution >= 4 is 5.91 Å². The molecule has 2 heterocycles. The van der Waals surface area contributed by atoms with Crippen LogP contribution in [0.4, 0.5) is 0 Å². The highest BCUT2D eigenvalue weighted by Gasteiger charge is 2.40. The summed E-state index contributed by atoms with van der Waals surface area (Å²) < 4.78 is 0. The van der Waals surface area contributed by atoms with Gasteiger partial charge in [-0.25, -0.2) is 0 Å². The Labute approximate surface area is 117 Å². The molecule has 1 atom stereocenters. The number of hydrogen-bond donors (Lipinski definition) is 2. The van der Waals surface area contributed by atoms with Crippen LogP contribution in [0.15, 0.2) is 0 Å². The molecule has 4 heteroatoms. The zero-order valence-corrected chi connectivity index (χ0v) is 12.7. The van der Waals surface area contributed by atoms with E-state index in [0.29, 0.717) is 12.1 Å². The van der Waals surface area contributed by atoms with Crippen LogP contribution in [0, 0.1) is 0 Å². The first kappa shape index (κ1) is 14.8. The van der Waals surface area contributed by atoms with Gasteiger partial charge in [-0.15, -0.1) is 0 Å². The molecule has 2 N–H and O–H groups in total. The van der Waals surface area contributed by atoms with E-state index in [1.165, 1.54) is 0 Å². The third kappa shape index (κ3) is 3.29. The molecule has 0 aromatic heterocycles. The van der Waals surface area contributed by atoms with Gasteiger partial charge in [-0.05, 0) is 52.5 Å². The van der Waals surface area contributed by atoms with E-state index in [1.807, 2.05) is 0 Å². The molecule has 0 radical (unpaired) electrons. The molecule has 2 rings (SSSR count). The summed E-state index contributed by atoms with van der Waals surface area (Å²) in [6.07, 6.45) is 5.17. The van der Waals surface area contributed by atoms with Crippen LogP contribution in [-0.4, -0.2) is 48.1 Å². The highest BCUT2D eigenvalue weighted by atomic mass is 16.2. The molecule has 0 bridgehead atoms. The summed E-state index contributed by atoms with van der Waals surface area (Å²) in [4.78, 5) is 15.0. The predicted octanol–water partition coefficient (Wildman–Crippen LogP) is 1.51. The van der Waals surface area contributed by atoms with E-state index < -0.39 is 0 Å². The molecule has 0 saturated carbocycles. The number of nitrogens with one attached hydrogen (secondary N) is 2. The van der Waals surface area contributed by atoms with Crippen LogP contribution in [0.5, 0.6) is 0 Å². The average molecular weight is 267 g/mol. The van der Waals surface area contributed by atoms with Gasteiger partial charge in [-0.2, -0.15) is 0 Å². The molecule has 0 aromatic carbocycles. The van der Waals surface area contributed by atoms with Gasteiger partial charge >= 0.3 is 0 Å². The molecule has 19 heavy (non-hydrogen) atoms. The summed E-state index contributed by atoms with van der Waals surface area (Å²) >= 11 is 0. The molecule has 0 aromatic rings. The Morgan fingerprint density at radius 2 is 2.11 bits per heavy atom. The summed E-state index contributed by atoms with van der Waals surface area (Å²) in [7, 11) is 0. The lowest BCUT2D eigenvalue weighted by Gasteiger charge is -2.36. The molecule has 2 aliphatic heterocycles. The Bertz CT molecular complexity index is 303. The van der Waals surface area contributed by atoms with Gasteiger partial charge in [-0.1, -0.05) is 6.92 Å². The fourth-order valence-corrected chi connectivity index (χ4v) is 3.35. The second-order valence-electron chi connectivity index (χ2n) is 6.34. The fraction of sp³-hybridized carbons (Fsp3) is 0.933. The number of amides is 1. The first-order valence-corrected chi connectivity index (χ1v) is 7.87. The van der Waals surface area contributed by atoms with Crippen molar-refractivity contribution in [1.29, 1.82) is 0 Å². The summed E-state index contributed by atoms with van der Waals surface area (Å²) in [5.41, 5.74) is -0.283. The van der Waals surface area contributed by atoms with Gasteiger partial charge in [0.25, 0.3) is 0 Å². The zero-order chi connectivity index (χ0) is 13.9. The largest absolute Gasteiger partial charge is 0.352 e. The maximum Gasteiger partial charge on any atom is 0.240 e. The van der Waals surface area contributed by atoms with Crippen LogP contribution in [0.25, 0.3) is 0 Å². The minimum absolute atomic E-state index is 0.232. The molecule has 2 aliphatic rings. The van der Waals surface area contributed by atoms with E-state index in [9.17, 15) is 4.79 Å². The number of nitrogens with zero attached hydrogens (tertiary/aromatic N) is 1. The predicted molar refractivity (Wildman–Crippen MR) is 78.1 cm³/mol. The molecule has 0 spiro atoms. The van der Waals surface area contributed by atoms with E-state index >= 15 is 0 Å². The number of hydrogen-bond acceptors (Lipinski definition) is 3. The SMILES string of the molecule is CCC1(C(=O)NC2CCN(C(C)C)CC2)CCCN1. The Kier molecular flexibility index (Phi) is 4.85. The summed E-state index contributed by atoms with van der Waals surface area (Å²) in [5, 5.41) is 6.70. The van der Waals surface area contributed by atoms with Crippen LogP contribution in [-0.2, 0) is 4.79 Å². The lowest BCUT2D eigenvalue weighted by atomic mass is 9.92. The quantitative estimate of drug-likeness (QED) is 0.811. The standard InChI is InChI=1S/C15H29N3O/c1-4-15(8-5-9-16-15)14(19)17-13-6-10-18(11-7-13)12(2)3/h12-13,16H,4-11H2,1-3H3,(H,17,19). The molecule has 1 amide bonds. The summed E-state index contributed by atoms with van der Waals surface area (Å²) in [6, 6.07) is 0.989. The number of likely N-dealkylation sites (tertiary alicyclic amines) is 1. The summed E-state index contributed by atoms with van der Waals surface area (Å²) in [6.45, 7) is 9.79. The molecular formula is C15H29N3O. The minimum atomic E-state index is -0.283. The minimum Gasteiger partial charge on any atom is -0.352 e. The van der Waals surface area contributed by atoms with Gasteiger partial charge < -0.3 is 15.5 Å². The number of rotatable bonds is 4. The van der Waals surface area contributed by atoms with Crippen LogP contribution in [0.1, 0.15) is 52.9 Å². The monoisotopic (exact) mass is 267 g/mol. The molecule has 110 valence electrons. The Morgan fingerprint density at radius 3 is 2.58 bits per heavy atom. The lowest BCUT2D eigenvalue weighted by Crippen LogP contribution is -2.57. The van der Waals surface area contributed by atoms with Gasteiger partial charge in [-0.3, -0.25) is 4.79 Å². The lowest BCUT2D eigenvalue weighted by molar-refractivity contribution is -0.128. The fourth-order valence-electron chi connectivity index (χ4n) is 3.35. The van der Waals surface area contributed by atoms with E-state index in [2.05, 4.69) is 36.3 Å². The van der Waals surface area contributed by atoms with Crippen molar-refractivity contribution in [3.8, 4) is 0 Å². The summed E-state index contributed by atoms with van der Waals surface area (Å²) in [5.74, 6) is 0.232. The van der Waals surface area contributed by atoms with Crippen LogP contribution in [0.3, 0.4) is 0 Å². The molecule has 0 aliphatic carbocycles. The maximum absolute atomic E-state index is 12.5. The van der Waals surface area contributed by atoms with Crippen molar-refractivity contribution in [2.45, 2.75) is 70.5 Å². The van der Waals surface area contributed by atoms with Crippen molar-refractivity contribution in [2.75, 3.05) is 19.6 Å².